The summed E-state index contributed by atoms with van der Waals surface area (Å²) in [7, 11) is 0. The van der Waals surface area contributed by atoms with E-state index in [2.05, 4.69) is 11.1 Å². The topological polar surface area (TPSA) is 59.2 Å². The molecule has 1 saturated heterocycles. The van der Waals surface area contributed by atoms with E-state index in [4.69, 9.17) is 9.40 Å². The lowest BCUT2D eigenvalue weighted by molar-refractivity contribution is 0.0699. The Morgan fingerprint density at radius 2 is 2.20 bits per heavy atom. The minimum atomic E-state index is -0.0248. The van der Waals surface area contributed by atoms with Crippen LogP contribution in [0.1, 0.15) is 59.8 Å². The summed E-state index contributed by atoms with van der Waals surface area (Å²) >= 11 is 1.74. The Morgan fingerprint density at radius 1 is 1.36 bits per heavy atom. The zero-order valence-corrected chi connectivity index (χ0v) is 15.3. The third kappa shape index (κ3) is 3.06. The van der Waals surface area contributed by atoms with Crippen LogP contribution in [-0.4, -0.2) is 33.9 Å². The first-order valence-corrected chi connectivity index (χ1v) is 9.53. The smallest absolute Gasteiger partial charge is 0.276 e. The molecule has 1 aliphatic rings. The highest BCUT2D eigenvalue weighted by molar-refractivity contribution is 7.18. The van der Waals surface area contributed by atoms with Crippen molar-refractivity contribution in [1.82, 2.24) is 14.9 Å². The standard InChI is InChI=1S/C19H21N3O2S/c1-12(2)17-16(20-11-24-17)19(23)22-9-5-6-13(10-22)18-21-14-7-3-4-8-15(14)25-18/h3-4,7-8,11-13H,5-6,9-10H2,1-2H3/t13-/m0/s1. The van der Waals surface area contributed by atoms with E-state index in [1.165, 1.54) is 11.1 Å². The van der Waals surface area contributed by atoms with E-state index in [0.717, 1.165) is 29.9 Å². The van der Waals surface area contributed by atoms with Gasteiger partial charge in [0, 0.05) is 24.9 Å². The molecule has 1 fully saturated rings. The van der Waals surface area contributed by atoms with Gasteiger partial charge in [0.25, 0.3) is 5.91 Å². The molecule has 1 aliphatic heterocycles. The third-order valence-corrected chi connectivity index (χ3v) is 5.89. The van der Waals surface area contributed by atoms with Crippen molar-refractivity contribution in [3.05, 3.63) is 47.1 Å². The lowest BCUT2D eigenvalue weighted by Gasteiger charge is -2.31. The molecular formula is C19H21N3O2S. The molecule has 0 N–H and O–H groups in total. The van der Waals surface area contributed by atoms with Gasteiger partial charge in [0.2, 0.25) is 0 Å². The van der Waals surface area contributed by atoms with E-state index < -0.39 is 0 Å². The molecule has 0 radical (unpaired) electrons. The molecule has 25 heavy (non-hydrogen) atoms. The van der Waals surface area contributed by atoms with Gasteiger partial charge in [0.15, 0.2) is 12.1 Å². The molecule has 1 amide bonds. The molecule has 2 aromatic heterocycles. The number of amides is 1. The van der Waals surface area contributed by atoms with E-state index in [9.17, 15) is 4.79 Å². The number of para-hydroxylation sites is 1. The maximum absolute atomic E-state index is 12.9. The number of fused-ring (bicyclic) bond motifs is 1. The number of piperidine rings is 1. The van der Waals surface area contributed by atoms with Gasteiger partial charge in [-0.2, -0.15) is 0 Å². The fourth-order valence-electron chi connectivity index (χ4n) is 3.40. The minimum Gasteiger partial charge on any atom is -0.447 e. The van der Waals surface area contributed by atoms with Crippen molar-refractivity contribution in [2.75, 3.05) is 13.1 Å². The van der Waals surface area contributed by atoms with Gasteiger partial charge in [-0.1, -0.05) is 26.0 Å². The van der Waals surface area contributed by atoms with Gasteiger partial charge < -0.3 is 9.32 Å². The molecular weight excluding hydrogens is 334 g/mol. The number of benzene rings is 1. The van der Waals surface area contributed by atoms with Crippen LogP contribution in [-0.2, 0) is 0 Å². The average molecular weight is 355 g/mol. The van der Waals surface area contributed by atoms with Crippen LogP contribution in [0.15, 0.2) is 35.1 Å². The molecule has 0 aliphatic carbocycles. The second kappa shape index (κ2) is 6.59. The molecule has 4 rings (SSSR count). The Balaban J connectivity index is 1.56. The highest BCUT2D eigenvalue weighted by Gasteiger charge is 2.30. The minimum absolute atomic E-state index is 0.0248. The maximum atomic E-state index is 12.9. The molecule has 3 heterocycles. The Labute approximate surface area is 150 Å². The zero-order valence-electron chi connectivity index (χ0n) is 14.4. The second-order valence-corrected chi connectivity index (χ2v) is 7.89. The summed E-state index contributed by atoms with van der Waals surface area (Å²) in [5.74, 6) is 1.09. The van der Waals surface area contributed by atoms with Gasteiger partial charge in [-0.05, 0) is 25.0 Å². The van der Waals surface area contributed by atoms with Crippen molar-refractivity contribution in [2.45, 2.75) is 38.5 Å². The van der Waals surface area contributed by atoms with Crippen molar-refractivity contribution >= 4 is 27.5 Å². The fraction of sp³-hybridized carbons (Fsp3) is 0.421. The van der Waals surface area contributed by atoms with Gasteiger partial charge >= 0.3 is 0 Å². The monoisotopic (exact) mass is 355 g/mol. The van der Waals surface area contributed by atoms with E-state index in [-0.39, 0.29) is 11.8 Å². The van der Waals surface area contributed by atoms with Crippen LogP contribution < -0.4 is 0 Å². The quantitative estimate of drug-likeness (QED) is 0.697. The number of carbonyl (C=O) groups is 1. The maximum Gasteiger partial charge on any atom is 0.276 e. The molecule has 1 atom stereocenters. The molecule has 6 heteroatoms. The summed E-state index contributed by atoms with van der Waals surface area (Å²) in [6.45, 7) is 5.49. The number of likely N-dealkylation sites (tertiary alicyclic amines) is 1. The van der Waals surface area contributed by atoms with E-state index in [0.29, 0.717) is 23.9 Å². The highest BCUT2D eigenvalue weighted by atomic mass is 32.1. The van der Waals surface area contributed by atoms with E-state index in [1.807, 2.05) is 36.9 Å². The Bertz CT molecular complexity index is 866. The summed E-state index contributed by atoms with van der Waals surface area (Å²) in [6, 6.07) is 8.21. The number of oxazole rings is 1. The lowest BCUT2D eigenvalue weighted by Crippen LogP contribution is -2.39. The zero-order chi connectivity index (χ0) is 17.4. The van der Waals surface area contributed by atoms with Crippen molar-refractivity contribution in [2.24, 2.45) is 0 Å². The van der Waals surface area contributed by atoms with Crippen LogP contribution in [0.25, 0.3) is 10.2 Å². The largest absolute Gasteiger partial charge is 0.447 e. The van der Waals surface area contributed by atoms with Gasteiger partial charge in [0.05, 0.1) is 15.2 Å². The molecule has 0 spiro atoms. The summed E-state index contributed by atoms with van der Waals surface area (Å²) in [6.07, 6.45) is 3.43. The van der Waals surface area contributed by atoms with Crippen molar-refractivity contribution < 1.29 is 9.21 Å². The Hall–Kier alpha value is -2.21. The van der Waals surface area contributed by atoms with Crippen molar-refractivity contribution in [3.8, 4) is 0 Å². The summed E-state index contributed by atoms with van der Waals surface area (Å²) in [5.41, 5.74) is 1.50. The van der Waals surface area contributed by atoms with Crippen LogP contribution in [0.5, 0.6) is 0 Å². The summed E-state index contributed by atoms with van der Waals surface area (Å²) in [4.78, 5) is 23.8. The summed E-state index contributed by atoms with van der Waals surface area (Å²) in [5, 5.41) is 1.13. The number of hydrogen-bond donors (Lipinski definition) is 0. The Kier molecular flexibility index (Phi) is 4.29. The molecule has 0 unspecified atom stereocenters. The fourth-order valence-corrected chi connectivity index (χ4v) is 4.50. The number of hydrogen-bond acceptors (Lipinski definition) is 5. The molecule has 3 aromatic rings. The van der Waals surface area contributed by atoms with Gasteiger partial charge in [-0.3, -0.25) is 4.79 Å². The molecule has 0 saturated carbocycles. The third-order valence-electron chi connectivity index (χ3n) is 4.69. The molecule has 1 aromatic carbocycles. The number of carbonyl (C=O) groups excluding carboxylic acids is 1. The van der Waals surface area contributed by atoms with Crippen molar-refractivity contribution in [1.29, 1.82) is 0 Å². The number of aromatic nitrogens is 2. The van der Waals surface area contributed by atoms with Crippen LogP contribution in [0.4, 0.5) is 0 Å². The van der Waals surface area contributed by atoms with Gasteiger partial charge in [0.1, 0.15) is 5.76 Å². The second-order valence-electron chi connectivity index (χ2n) is 6.83. The first-order chi connectivity index (χ1) is 12.1. The first kappa shape index (κ1) is 16.3. The first-order valence-electron chi connectivity index (χ1n) is 8.71. The SMILES string of the molecule is CC(C)c1ocnc1C(=O)N1CCC[C@H](c2nc3ccccc3s2)C1. The lowest BCUT2D eigenvalue weighted by atomic mass is 9.98. The number of thiazole rings is 1. The number of rotatable bonds is 3. The molecule has 5 nitrogen and oxygen atoms in total. The summed E-state index contributed by atoms with van der Waals surface area (Å²) < 4.78 is 6.63. The van der Waals surface area contributed by atoms with Gasteiger partial charge in [-0.25, -0.2) is 9.97 Å². The van der Waals surface area contributed by atoms with Crippen LogP contribution >= 0.6 is 11.3 Å². The molecule has 0 bridgehead atoms. The van der Waals surface area contributed by atoms with Crippen LogP contribution in [0.3, 0.4) is 0 Å². The average Bonchev–Trinajstić information content (AvgIpc) is 3.28. The van der Waals surface area contributed by atoms with Crippen molar-refractivity contribution in [3.63, 3.8) is 0 Å². The highest BCUT2D eigenvalue weighted by Crippen LogP contribution is 2.33. The number of nitrogens with zero attached hydrogens (tertiary/aromatic N) is 3. The van der Waals surface area contributed by atoms with Crippen LogP contribution in [0, 0.1) is 0 Å². The van der Waals surface area contributed by atoms with Gasteiger partial charge in [-0.15, -0.1) is 11.3 Å². The molecule has 130 valence electrons. The Morgan fingerprint density at radius 3 is 3.00 bits per heavy atom. The van der Waals surface area contributed by atoms with E-state index in [1.54, 1.807) is 11.3 Å². The normalized spacial score (nSPS) is 18.2. The predicted octanol–water partition coefficient (Wildman–Crippen LogP) is 4.43. The van der Waals surface area contributed by atoms with Crippen LogP contribution in [0.2, 0.25) is 0 Å². The predicted molar refractivity (Wildman–Crippen MR) is 98.1 cm³/mol. The van der Waals surface area contributed by atoms with E-state index >= 15 is 0 Å².